The summed E-state index contributed by atoms with van der Waals surface area (Å²) in [5, 5.41) is 16.4. The highest BCUT2D eigenvalue weighted by Crippen LogP contribution is 2.55. The second-order valence-corrected chi connectivity index (χ2v) is 13.9. The van der Waals surface area contributed by atoms with Gasteiger partial charge in [0.1, 0.15) is 28.9 Å². The van der Waals surface area contributed by atoms with Gasteiger partial charge in [-0.05, 0) is 73.5 Å². The summed E-state index contributed by atoms with van der Waals surface area (Å²) >= 11 is 0. The largest absolute Gasteiger partial charge is 1.00 e. The van der Waals surface area contributed by atoms with E-state index >= 15 is 0 Å². The quantitative estimate of drug-likeness (QED) is 0.0708. The van der Waals surface area contributed by atoms with Crippen LogP contribution in [0.25, 0.3) is 0 Å². The van der Waals surface area contributed by atoms with Crippen LogP contribution < -0.4 is 37.6 Å². The van der Waals surface area contributed by atoms with Crippen molar-refractivity contribution >= 4 is 29.4 Å². The van der Waals surface area contributed by atoms with E-state index < -0.39 is 12.8 Å². The van der Waals surface area contributed by atoms with E-state index in [1.165, 1.54) is 15.9 Å². The molecule has 198 valence electrons. The third-order valence-electron chi connectivity index (χ3n) is 6.56. The van der Waals surface area contributed by atoms with Gasteiger partial charge in [-0.2, -0.15) is 0 Å². The average molecular weight is 591 g/mol. The molecule has 4 aromatic rings. The van der Waals surface area contributed by atoms with E-state index in [0.29, 0.717) is 6.61 Å². The zero-order valence-electron chi connectivity index (χ0n) is 22.5. The molecule has 0 aliphatic carbocycles. The van der Waals surface area contributed by atoms with Crippen molar-refractivity contribution in [2.24, 2.45) is 0 Å². The first-order valence-electron chi connectivity index (χ1n) is 13.0. The Morgan fingerprint density at radius 2 is 1.13 bits per heavy atom. The van der Waals surface area contributed by atoms with E-state index in [-0.39, 0.29) is 17.0 Å². The summed E-state index contributed by atoms with van der Waals surface area (Å²) < 4.78 is 7.06. The Balaban J connectivity index is 0.00000400. The third-order valence-corrected chi connectivity index (χ3v) is 11.1. The van der Waals surface area contributed by atoms with Gasteiger partial charge in [-0.15, -0.1) is 0 Å². The first-order valence-corrected chi connectivity index (χ1v) is 15.0. The molecule has 0 bridgehead atoms. The van der Waals surface area contributed by atoms with Crippen LogP contribution in [-0.2, 0) is 0 Å². The number of ether oxygens (including phenoxy) is 1. The smallest absolute Gasteiger partial charge is 0.182 e. The highest BCUT2D eigenvalue weighted by Gasteiger charge is 2.44. The molecular formula is C33H37BrNO2P. The summed E-state index contributed by atoms with van der Waals surface area (Å²) in [6, 6.07) is 40.8. The molecule has 0 N–H and O–H groups in total. The Kier molecular flexibility index (Phi) is 10.7. The second kappa shape index (κ2) is 13.7. The number of nitrogens with zero attached hydrogens (tertiary/aromatic N) is 1. The van der Waals surface area contributed by atoms with Crippen molar-refractivity contribution < 1.29 is 26.5 Å². The molecule has 0 saturated carbocycles. The number of hydrogen-bond donors (Lipinski definition) is 0. The number of halogens is 1. The van der Waals surface area contributed by atoms with Crippen LogP contribution >= 0.6 is 7.26 Å². The van der Waals surface area contributed by atoms with Gasteiger partial charge in [0.25, 0.3) is 0 Å². The minimum atomic E-state index is -1.79. The van der Waals surface area contributed by atoms with Crippen LogP contribution in [-0.4, -0.2) is 29.3 Å². The minimum Gasteiger partial charge on any atom is -1.00 e. The lowest BCUT2D eigenvalue weighted by molar-refractivity contribution is -0.530. The SMILES string of the molecule is CC(C)(C)[N+]([O-])=Cc1ccc(OCCCC[P+](c2ccccc2)(c2ccccc2)c2ccccc2)cc1.[Br-]. The molecule has 3 nitrogen and oxygen atoms in total. The van der Waals surface area contributed by atoms with E-state index in [4.69, 9.17) is 4.74 Å². The van der Waals surface area contributed by atoms with Gasteiger partial charge in [-0.3, -0.25) is 0 Å². The Bertz CT molecular complexity index is 1170. The van der Waals surface area contributed by atoms with Crippen LogP contribution in [0.4, 0.5) is 0 Å². The normalized spacial score (nSPS) is 12.0. The van der Waals surface area contributed by atoms with Gasteiger partial charge in [0.05, 0.1) is 12.8 Å². The Morgan fingerprint density at radius 1 is 0.684 bits per heavy atom. The van der Waals surface area contributed by atoms with E-state index in [2.05, 4.69) is 91.0 Å². The predicted molar refractivity (Wildman–Crippen MR) is 160 cm³/mol. The molecule has 0 aliphatic rings. The molecule has 0 fully saturated rings. The van der Waals surface area contributed by atoms with Gasteiger partial charge < -0.3 is 26.9 Å². The lowest BCUT2D eigenvalue weighted by Gasteiger charge is -2.27. The fourth-order valence-corrected chi connectivity index (χ4v) is 8.91. The standard InChI is InChI=1S/C33H37NO2P.BrH/c1-33(2,3)34(35)27-28-21-23-29(24-22-28)36-25-13-14-26-37(30-15-7-4-8-16-30,31-17-9-5-10-18-31)32-19-11-6-12-20-32;/h4-12,15-24,27H,13-14,25-26H2,1-3H3;1H/q+1;/p-1. The molecule has 0 aromatic heterocycles. The molecule has 0 amide bonds. The van der Waals surface area contributed by atoms with Crippen molar-refractivity contribution in [3.05, 3.63) is 126 Å². The number of unbranched alkanes of at least 4 members (excludes halogenated alkanes) is 1. The Morgan fingerprint density at radius 3 is 1.55 bits per heavy atom. The van der Waals surface area contributed by atoms with Gasteiger partial charge in [-0.25, -0.2) is 4.74 Å². The van der Waals surface area contributed by atoms with E-state index in [9.17, 15) is 5.21 Å². The molecule has 38 heavy (non-hydrogen) atoms. The summed E-state index contributed by atoms with van der Waals surface area (Å²) in [6.45, 7) is 6.37. The van der Waals surface area contributed by atoms with E-state index in [0.717, 1.165) is 35.1 Å². The average Bonchev–Trinajstić information content (AvgIpc) is 2.93. The van der Waals surface area contributed by atoms with Crippen molar-refractivity contribution in [3.63, 3.8) is 0 Å². The second-order valence-electron chi connectivity index (χ2n) is 10.3. The number of hydrogen-bond acceptors (Lipinski definition) is 2. The molecule has 0 atom stereocenters. The molecule has 5 heteroatoms. The molecule has 0 unspecified atom stereocenters. The summed E-state index contributed by atoms with van der Waals surface area (Å²) in [5.74, 6) is 0.834. The fourth-order valence-electron chi connectivity index (χ4n) is 4.50. The van der Waals surface area contributed by atoms with Crippen LogP contribution in [0, 0.1) is 5.21 Å². The molecule has 4 rings (SSSR count). The van der Waals surface area contributed by atoms with E-state index in [1.54, 1.807) is 6.21 Å². The van der Waals surface area contributed by atoms with Gasteiger partial charge in [0.2, 0.25) is 0 Å². The minimum absolute atomic E-state index is 0. The molecule has 0 saturated heterocycles. The third kappa shape index (κ3) is 7.34. The van der Waals surface area contributed by atoms with Crippen molar-refractivity contribution in [1.29, 1.82) is 0 Å². The van der Waals surface area contributed by atoms with Gasteiger partial charge >= 0.3 is 0 Å². The topological polar surface area (TPSA) is 35.3 Å². The highest BCUT2D eigenvalue weighted by molar-refractivity contribution is 7.95. The Labute approximate surface area is 238 Å². The van der Waals surface area contributed by atoms with E-state index in [1.807, 2.05) is 45.0 Å². The summed E-state index contributed by atoms with van der Waals surface area (Å²) in [4.78, 5) is 0. The maximum absolute atomic E-state index is 12.2. The first-order chi connectivity index (χ1) is 17.9. The van der Waals surface area contributed by atoms with Crippen molar-refractivity contribution in [3.8, 4) is 5.75 Å². The molecule has 0 radical (unpaired) electrons. The molecule has 0 spiro atoms. The van der Waals surface area contributed by atoms with Crippen LogP contribution in [0.1, 0.15) is 39.2 Å². The van der Waals surface area contributed by atoms with Crippen LogP contribution in [0.2, 0.25) is 0 Å². The monoisotopic (exact) mass is 589 g/mol. The van der Waals surface area contributed by atoms with Crippen molar-refractivity contribution in [1.82, 2.24) is 0 Å². The summed E-state index contributed by atoms with van der Waals surface area (Å²) in [5.41, 5.74) is 0.423. The molecular weight excluding hydrogens is 553 g/mol. The number of benzene rings is 4. The zero-order valence-corrected chi connectivity index (χ0v) is 24.9. The highest BCUT2D eigenvalue weighted by atomic mass is 79.9. The molecule has 4 aromatic carbocycles. The summed E-state index contributed by atoms with van der Waals surface area (Å²) in [6.07, 6.45) is 4.76. The van der Waals surface area contributed by atoms with Gasteiger partial charge in [0.15, 0.2) is 11.8 Å². The zero-order chi connectivity index (χ0) is 26.1. The van der Waals surface area contributed by atoms with Gasteiger partial charge in [-0.1, -0.05) is 54.6 Å². The van der Waals surface area contributed by atoms with Crippen LogP contribution in [0.15, 0.2) is 115 Å². The summed E-state index contributed by atoms with van der Waals surface area (Å²) in [7, 11) is -1.79. The number of rotatable bonds is 10. The lowest BCUT2D eigenvalue weighted by atomic mass is 10.1. The van der Waals surface area contributed by atoms with Gasteiger partial charge in [0, 0.05) is 26.3 Å². The predicted octanol–water partition coefficient (Wildman–Crippen LogP) is 3.57. The number of hydroxylamine groups is 1. The first kappa shape index (κ1) is 29.6. The fraction of sp³-hybridized carbons (Fsp3) is 0.242. The van der Waals surface area contributed by atoms with Crippen LogP contribution in [0.5, 0.6) is 5.75 Å². The van der Waals surface area contributed by atoms with Crippen LogP contribution in [0.3, 0.4) is 0 Å². The lowest BCUT2D eigenvalue weighted by Crippen LogP contribution is -3.00. The maximum atomic E-state index is 12.2. The maximum Gasteiger partial charge on any atom is 0.182 e. The molecule has 0 aliphatic heterocycles. The Hall–Kier alpha value is -2.94. The molecule has 0 heterocycles. The van der Waals surface area contributed by atoms with Crippen molar-refractivity contribution in [2.75, 3.05) is 12.8 Å². The van der Waals surface area contributed by atoms with Crippen molar-refractivity contribution in [2.45, 2.75) is 39.2 Å².